The number of nitrogens with zero attached hydrogens (tertiary/aromatic N) is 1. The number of carboxylic acids is 1. The number of hydrogen-bond donors (Lipinski definition) is 2. The van der Waals surface area contributed by atoms with Crippen LogP contribution in [0.1, 0.15) is 10.4 Å². The van der Waals surface area contributed by atoms with Gasteiger partial charge in [0.1, 0.15) is 5.65 Å². The normalized spacial score (nSPS) is 11.1. The molecule has 0 aliphatic rings. The standard InChI is InChI=1S/C24H16N2O2/c27-24(28)17-10-8-16(9-11-17)22-14-26-23-21(22)12-18(13-25-23)20-7-3-5-15-4-1-2-6-19(15)20/h1-14H,(H,25,26)(H,27,28). The molecule has 5 aromatic rings. The molecule has 4 heteroatoms. The average Bonchev–Trinajstić information content (AvgIpc) is 3.16. The van der Waals surface area contributed by atoms with Crippen molar-refractivity contribution in [3.63, 3.8) is 0 Å². The summed E-state index contributed by atoms with van der Waals surface area (Å²) < 4.78 is 0. The first-order valence-corrected chi connectivity index (χ1v) is 9.00. The summed E-state index contributed by atoms with van der Waals surface area (Å²) in [4.78, 5) is 18.9. The lowest BCUT2D eigenvalue weighted by Gasteiger charge is -2.07. The monoisotopic (exact) mass is 364 g/mol. The predicted octanol–water partition coefficient (Wildman–Crippen LogP) is 5.75. The molecule has 0 aliphatic carbocycles. The van der Waals surface area contributed by atoms with E-state index < -0.39 is 5.97 Å². The summed E-state index contributed by atoms with van der Waals surface area (Å²) in [6.07, 6.45) is 3.80. The van der Waals surface area contributed by atoms with Gasteiger partial charge in [-0.3, -0.25) is 0 Å². The average molecular weight is 364 g/mol. The minimum atomic E-state index is -0.926. The Morgan fingerprint density at radius 1 is 0.821 bits per heavy atom. The van der Waals surface area contributed by atoms with Crippen molar-refractivity contribution in [1.82, 2.24) is 9.97 Å². The van der Waals surface area contributed by atoms with Gasteiger partial charge < -0.3 is 10.1 Å². The molecule has 0 unspecified atom stereocenters. The summed E-state index contributed by atoms with van der Waals surface area (Å²) in [6.45, 7) is 0. The number of carboxylic acid groups (broad SMARTS) is 1. The van der Waals surface area contributed by atoms with Crippen molar-refractivity contribution < 1.29 is 9.90 Å². The molecule has 2 N–H and O–H groups in total. The molecule has 0 spiro atoms. The maximum atomic E-state index is 11.1. The Labute approximate surface area is 161 Å². The number of hydrogen-bond acceptors (Lipinski definition) is 2. The van der Waals surface area contributed by atoms with Crippen molar-refractivity contribution in [3.05, 3.63) is 90.8 Å². The summed E-state index contributed by atoms with van der Waals surface area (Å²) >= 11 is 0. The van der Waals surface area contributed by atoms with Crippen molar-refractivity contribution in [2.24, 2.45) is 0 Å². The fourth-order valence-electron chi connectivity index (χ4n) is 3.66. The van der Waals surface area contributed by atoms with Crippen LogP contribution in [0.5, 0.6) is 0 Å². The van der Waals surface area contributed by atoms with Gasteiger partial charge in [0.25, 0.3) is 0 Å². The van der Waals surface area contributed by atoms with Gasteiger partial charge in [-0.2, -0.15) is 0 Å². The van der Waals surface area contributed by atoms with E-state index >= 15 is 0 Å². The number of aromatic nitrogens is 2. The highest BCUT2D eigenvalue weighted by molar-refractivity contribution is 6.01. The van der Waals surface area contributed by atoms with Crippen LogP contribution in [-0.4, -0.2) is 21.0 Å². The minimum absolute atomic E-state index is 0.276. The van der Waals surface area contributed by atoms with Crippen LogP contribution in [0.3, 0.4) is 0 Å². The van der Waals surface area contributed by atoms with E-state index in [0.29, 0.717) is 0 Å². The quantitative estimate of drug-likeness (QED) is 0.428. The van der Waals surface area contributed by atoms with E-state index in [4.69, 9.17) is 5.11 Å². The number of aromatic carboxylic acids is 1. The smallest absolute Gasteiger partial charge is 0.335 e. The van der Waals surface area contributed by atoms with E-state index in [1.807, 2.05) is 36.7 Å². The van der Waals surface area contributed by atoms with Crippen LogP contribution in [-0.2, 0) is 0 Å². The molecule has 4 nitrogen and oxygen atoms in total. The Morgan fingerprint density at radius 3 is 2.43 bits per heavy atom. The molecular weight excluding hydrogens is 348 g/mol. The maximum absolute atomic E-state index is 11.1. The molecule has 0 saturated heterocycles. The third-order valence-electron chi connectivity index (χ3n) is 5.07. The van der Waals surface area contributed by atoms with E-state index in [0.717, 1.165) is 33.3 Å². The van der Waals surface area contributed by atoms with Gasteiger partial charge in [-0.15, -0.1) is 0 Å². The van der Waals surface area contributed by atoms with Crippen LogP contribution in [0.15, 0.2) is 85.2 Å². The SMILES string of the molecule is O=C(O)c1ccc(-c2c[nH]c3ncc(-c4cccc5ccccc45)cc23)cc1. The first-order chi connectivity index (χ1) is 13.7. The molecule has 3 aromatic carbocycles. The summed E-state index contributed by atoms with van der Waals surface area (Å²) in [6, 6.07) is 23.6. The second kappa shape index (κ2) is 6.35. The Balaban J connectivity index is 1.67. The molecule has 0 bridgehead atoms. The van der Waals surface area contributed by atoms with Crippen molar-refractivity contribution in [1.29, 1.82) is 0 Å². The van der Waals surface area contributed by atoms with Gasteiger partial charge in [0.2, 0.25) is 0 Å². The van der Waals surface area contributed by atoms with Crippen LogP contribution in [0, 0.1) is 0 Å². The number of rotatable bonds is 3. The summed E-state index contributed by atoms with van der Waals surface area (Å²) in [7, 11) is 0. The fourth-order valence-corrected chi connectivity index (χ4v) is 3.66. The van der Waals surface area contributed by atoms with Gasteiger partial charge >= 0.3 is 5.97 Å². The lowest BCUT2D eigenvalue weighted by molar-refractivity contribution is 0.0697. The van der Waals surface area contributed by atoms with Crippen LogP contribution < -0.4 is 0 Å². The molecular formula is C24H16N2O2. The summed E-state index contributed by atoms with van der Waals surface area (Å²) in [5, 5.41) is 12.5. The van der Waals surface area contributed by atoms with Crippen LogP contribution in [0.2, 0.25) is 0 Å². The minimum Gasteiger partial charge on any atom is -0.478 e. The first-order valence-electron chi connectivity index (χ1n) is 9.00. The van der Waals surface area contributed by atoms with Gasteiger partial charge in [-0.25, -0.2) is 9.78 Å². The van der Waals surface area contributed by atoms with E-state index in [9.17, 15) is 4.79 Å². The topological polar surface area (TPSA) is 66.0 Å². The lowest BCUT2D eigenvalue weighted by atomic mass is 9.97. The largest absolute Gasteiger partial charge is 0.478 e. The Bertz CT molecular complexity index is 1330. The van der Waals surface area contributed by atoms with E-state index in [1.165, 1.54) is 10.8 Å². The number of carbonyl (C=O) groups is 1. The molecule has 5 rings (SSSR count). The molecule has 2 aromatic heterocycles. The predicted molar refractivity (Wildman–Crippen MR) is 111 cm³/mol. The van der Waals surface area contributed by atoms with Gasteiger partial charge in [0, 0.05) is 28.9 Å². The molecule has 0 aliphatic heterocycles. The second-order valence-electron chi connectivity index (χ2n) is 6.73. The molecule has 134 valence electrons. The Hall–Kier alpha value is -3.92. The van der Waals surface area contributed by atoms with Crippen molar-refractivity contribution in [3.8, 4) is 22.3 Å². The van der Waals surface area contributed by atoms with Crippen LogP contribution in [0.4, 0.5) is 0 Å². The molecule has 28 heavy (non-hydrogen) atoms. The van der Waals surface area contributed by atoms with Gasteiger partial charge in [-0.05, 0) is 40.1 Å². The third-order valence-corrected chi connectivity index (χ3v) is 5.07. The van der Waals surface area contributed by atoms with Gasteiger partial charge in [0.05, 0.1) is 5.56 Å². The molecule has 2 heterocycles. The Morgan fingerprint density at radius 2 is 1.61 bits per heavy atom. The lowest BCUT2D eigenvalue weighted by Crippen LogP contribution is -1.94. The number of pyridine rings is 1. The molecule has 0 amide bonds. The second-order valence-corrected chi connectivity index (χ2v) is 6.73. The third kappa shape index (κ3) is 2.63. The maximum Gasteiger partial charge on any atom is 0.335 e. The highest BCUT2D eigenvalue weighted by atomic mass is 16.4. The van der Waals surface area contributed by atoms with Crippen molar-refractivity contribution in [2.45, 2.75) is 0 Å². The summed E-state index contributed by atoms with van der Waals surface area (Å²) in [5.41, 5.74) is 5.22. The van der Waals surface area contributed by atoms with Crippen molar-refractivity contribution >= 4 is 27.8 Å². The number of H-pyrrole nitrogens is 1. The molecule has 0 radical (unpaired) electrons. The Kier molecular flexibility index (Phi) is 3.69. The van der Waals surface area contributed by atoms with Crippen LogP contribution in [0.25, 0.3) is 44.1 Å². The zero-order chi connectivity index (χ0) is 19.1. The number of nitrogens with one attached hydrogen (secondary N) is 1. The van der Waals surface area contributed by atoms with Crippen LogP contribution >= 0.6 is 0 Å². The highest BCUT2D eigenvalue weighted by Crippen LogP contribution is 2.33. The molecule has 0 atom stereocenters. The van der Waals surface area contributed by atoms with Crippen molar-refractivity contribution in [2.75, 3.05) is 0 Å². The first kappa shape index (κ1) is 16.3. The van der Waals surface area contributed by atoms with Gasteiger partial charge in [0.15, 0.2) is 0 Å². The zero-order valence-corrected chi connectivity index (χ0v) is 14.9. The number of fused-ring (bicyclic) bond motifs is 2. The number of benzene rings is 3. The van der Waals surface area contributed by atoms with E-state index in [1.54, 1.807) is 12.1 Å². The number of aromatic amines is 1. The van der Waals surface area contributed by atoms with Gasteiger partial charge in [-0.1, -0.05) is 54.6 Å². The van der Waals surface area contributed by atoms with E-state index in [2.05, 4.69) is 46.4 Å². The highest BCUT2D eigenvalue weighted by Gasteiger charge is 2.11. The fraction of sp³-hybridized carbons (Fsp3) is 0. The molecule has 0 saturated carbocycles. The zero-order valence-electron chi connectivity index (χ0n) is 14.9. The van der Waals surface area contributed by atoms with E-state index in [-0.39, 0.29) is 5.56 Å². The summed E-state index contributed by atoms with van der Waals surface area (Å²) in [5.74, 6) is -0.926. The molecule has 0 fully saturated rings.